The van der Waals surface area contributed by atoms with Crippen LogP contribution in [0.2, 0.25) is 0 Å². The first-order chi connectivity index (χ1) is 12.3. The van der Waals surface area contributed by atoms with Gasteiger partial charge < -0.3 is 5.11 Å². The standard InChI is InChI=1S/C19H17F3N2O2/c1-4-10-5-15-16(9(2)3)13(19(25)26)8-23-24(15)18(10)12-6-11(20)7-14(21)17(12)22/h5-9H,4H2,1-3H3,(H,25,26). The molecule has 0 amide bonds. The molecule has 7 heteroatoms. The van der Waals surface area contributed by atoms with Crippen LogP contribution in [0, 0.1) is 17.5 Å². The summed E-state index contributed by atoms with van der Waals surface area (Å²) < 4.78 is 43.2. The number of aryl methyl sites for hydroxylation is 1. The second kappa shape index (κ2) is 6.48. The van der Waals surface area contributed by atoms with E-state index in [0.29, 0.717) is 29.1 Å². The number of carboxylic acid groups (broad SMARTS) is 1. The van der Waals surface area contributed by atoms with Crippen LogP contribution < -0.4 is 0 Å². The highest BCUT2D eigenvalue weighted by Crippen LogP contribution is 2.35. The van der Waals surface area contributed by atoms with Gasteiger partial charge in [0.15, 0.2) is 11.6 Å². The summed E-state index contributed by atoms with van der Waals surface area (Å²) in [6.07, 6.45) is 1.64. The minimum atomic E-state index is -1.29. The van der Waals surface area contributed by atoms with E-state index in [1.165, 1.54) is 10.7 Å². The van der Waals surface area contributed by atoms with Crippen molar-refractivity contribution in [3.05, 3.63) is 58.5 Å². The van der Waals surface area contributed by atoms with Crippen LogP contribution in [0.25, 0.3) is 16.8 Å². The third-order valence-electron chi connectivity index (χ3n) is 4.36. The second-order valence-corrected chi connectivity index (χ2v) is 6.35. The van der Waals surface area contributed by atoms with Crippen molar-refractivity contribution in [1.29, 1.82) is 0 Å². The predicted octanol–water partition coefficient (Wildman–Crippen LogP) is 4.80. The molecule has 0 saturated heterocycles. The van der Waals surface area contributed by atoms with Crippen molar-refractivity contribution in [2.75, 3.05) is 0 Å². The zero-order valence-electron chi connectivity index (χ0n) is 14.5. The molecule has 0 unspecified atom stereocenters. The first kappa shape index (κ1) is 18.0. The van der Waals surface area contributed by atoms with Crippen molar-refractivity contribution >= 4 is 11.5 Å². The molecule has 2 aromatic heterocycles. The fraction of sp³-hybridized carbons (Fsp3) is 0.263. The van der Waals surface area contributed by atoms with E-state index >= 15 is 0 Å². The molecular weight excluding hydrogens is 345 g/mol. The van der Waals surface area contributed by atoms with Gasteiger partial charge in [-0.3, -0.25) is 0 Å². The van der Waals surface area contributed by atoms with Gasteiger partial charge >= 0.3 is 5.97 Å². The van der Waals surface area contributed by atoms with Crippen LogP contribution in [0.15, 0.2) is 24.4 Å². The van der Waals surface area contributed by atoms with Crippen molar-refractivity contribution in [1.82, 2.24) is 9.61 Å². The number of fused-ring (bicyclic) bond motifs is 1. The molecular formula is C19H17F3N2O2. The van der Waals surface area contributed by atoms with Gasteiger partial charge in [0, 0.05) is 11.6 Å². The molecule has 1 N–H and O–H groups in total. The Morgan fingerprint density at radius 2 is 1.92 bits per heavy atom. The van der Waals surface area contributed by atoms with E-state index in [1.54, 1.807) is 6.07 Å². The minimum absolute atomic E-state index is 0.0464. The van der Waals surface area contributed by atoms with Gasteiger partial charge in [-0.25, -0.2) is 22.5 Å². The summed E-state index contributed by atoms with van der Waals surface area (Å²) in [5.74, 6) is -4.62. The van der Waals surface area contributed by atoms with E-state index in [0.717, 1.165) is 6.07 Å². The second-order valence-electron chi connectivity index (χ2n) is 6.35. The molecule has 4 nitrogen and oxygen atoms in total. The van der Waals surface area contributed by atoms with Gasteiger partial charge in [-0.2, -0.15) is 5.10 Å². The van der Waals surface area contributed by atoms with Crippen molar-refractivity contribution in [3.63, 3.8) is 0 Å². The third-order valence-corrected chi connectivity index (χ3v) is 4.36. The molecule has 0 bridgehead atoms. The van der Waals surface area contributed by atoms with Crippen molar-refractivity contribution < 1.29 is 23.1 Å². The number of aromatic carboxylic acids is 1. The molecule has 136 valence electrons. The van der Waals surface area contributed by atoms with Gasteiger partial charge in [-0.05, 0) is 35.6 Å². The number of carbonyl (C=O) groups is 1. The van der Waals surface area contributed by atoms with Crippen molar-refractivity contribution in [3.8, 4) is 11.3 Å². The van der Waals surface area contributed by atoms with E-state index in [2.05, 4.69) is 5.10 Å². The molecule has 0 spiro atoms. The van der Waals surface area contributed by atoms with Crippen LogP contribution in [-0.2, 0) is 6.42 Å². The maximum absolute atomic E-state index is 14.4. The number of carboxylic acids is 1. The molecule has 0 aliphatic heterocycles. The minimum Gasteiger partial charge on any atom is -0.478 e. The van der Waals surface area contributed by atoms with Gasteiger partial charge in [0.25, 0.3) is 0 Å². The molecule has 0 atom stereocenters. The first-order valence-corrected chi connectivity index (χ1v) is 8.17. The molecule has 3 rings (SSSR count). The normalized spacial score (nSPS) is 11.5. The quantitative estimate of drug-likeness (QED) is 0.678. The molecule has 3 aromatic rings. The smallest absolute Gasteiger partial charge is 0.337 e. The Morgan fingerprint density at radius 1 is 1.23 bits per heavy atom. The summed E-state index contributed by atoms with van der Waals surface area (Å²) >= 11 is 0. The Kier molecular flexibility index (Phi) is 4.48. The molecule has 0 radical (unpaired) electrons. The summed E-state index contributed by atoms with van der Waals surface area (Å²) in [5.41, 5.74) is 1.65. The number of hydrogen-bond donors (Lipinski definition) is 1. The fourth-order valence-electron chi connectivity index (χ4n) is 3.25. The summed E-state index contributed by atoms with van der Waals surface area (Å²) in [6, 6.07) is 3.10. The van der Waals surface area contributed by atoms with Crippen LogP contribution in [0.5, 0.6) is 0 Å². The van der Waals surface area contributed by atoms with Crippen LogP contribution in [0.4, 0.5) is 13.2 Å². The summed E-state index contributed by atoms with van der Waals surface area (Å²) in [4.78, 5) is 11.5. The molecule has 26 heavy (non-hydrogen) atoms. The van der Waals surface area contributed by atoms with E-state index in [9.17, 15) is 23.1 Å². The highest BCUT2D eigenvalue weighted by Gasteiger charge is 2.24. The summed E-state index contributed by atoms with van der Waals surface area (Å²) in [5, 5.41) is 13.5. The van der Waals surface area contributed by atoms with E-state index in [4.69, 9.17) is 0 Å². The fourth-order valence-corrected chi connectivity index (χ4v) is 3.25. The third kappa shape index (κ3) is 2.73. The van der Waals surface area contributed by atoms with Crippen molar-refractivity contribution in [2.45, 2.75) is 33.1 Å². The van der Waals surface area contributed by atoms with Crippen LogP contribution in [0.1, 0.15) is 48.2 Å². The average Bonchev–Trinajstić information content (AvgIpc) is 2.95. The topological polar surface area (TPSA) is 54.6 Å². The molecule has 1 aromatic carbocycles. The maximum atomic E-state index is 14.4. The number of aromatic nitrogens is 2. The Labute approximate surface area is 147 Å². The lowest BCUT2D eigenvalue weighted by Crippen LogP contribution is -2.09. The average molecular weight is 362 g/mol. The Bertz CT molecular complexity index is 1030. The molecule has 0 aliphatic carbocycles. The van der Waals surface area contributed by atoms with Gasteiger partial charge in [0.2, 0.25) is 0 Å². The lowest BCUT2D eigenvalue weighted by molar-refractivity contribution is 0.0694. The number of rotatable bonds is 4. The van der Waals surface area contributed by atoms with Crippen LogP contribution in [0.3, 0.4) is 0 Å². The largest absolute Gasteiger partial charge is 0.478 e. The molecule has 0 fully saturated rings. The van der Waals surface area contributed by atoms with E-state index in [1.807, 2.05) is 20.8 Å². The zero-order valence-corrected chi connectivity index (χ0v) is 14.5. The molecule has 0 aliphatic rings. The lowest BCUT2D eigenvalue weighted by atomic mass is 9.98. The summed E-state index contributed by atoms with van der Waals surface area (Å²) in [6.45, 7) is 5.49. The SMILES string of the molecule is CCc1cc2c(C(C)C)c(C(=O)O)cnn2c1-c1cc(F)cc(F)c1F. The summed E-state index contributed by atoms with van der Waals surface area (Å²) in [7, 11) is 0. The predicted molar refractivity (Wildman–Crippen MR) is 90.9 cm³/mol. The monoisotopic (exact) mass is 362 g/mol. The number of benzene rings is 1. The highest BCUT2D eigenvalue weighted by molar-refractivity contribution is 5.92. The van der Waals surface area contributed by atoms with Crippen LogP contribution in [-0.4, -0.2) is 20.7 Å². The Hall–Kier alpha value is -2.83. The molecule has 0 saturated carbocycles. The maximum Gasteiger partial charge on any atom is 0.337 e. The van der Waals surface area contributed by atoms with Crippen LogP contribution >= 0.6 is 0 Å². The molecule has 2 heterocycles. The zero-order chi connectivity index (χ0) is 19.2. The first-order valence-electron chi connectivity index (χ1n) is 8.17. The highest BCUT2D eigenvalue weighted by atomic mass is 19.2. The Balaban J connectivity index is 2.45. The number of hydrogen-bond acceptors (Lipinski definition) is 2. The van der Waals surface area contributed by atoms with Crippen molar-refractivity contribution in [2.24, 2.45) is 0 Å². The van der Waals surface area contributed by atoms with Gasteiger partial charge in [-0.15, -0.1) is 0 Å². The number of halogens is 3. The number of nitrogens with zero attached hydrogens (tertiary/aromatic N) is 2. The lowest BCUT2D eigenvalue weighted by Gasteiger charge is -2.13. The van der Waals surface area contributed by atoms with E-state index in [-0.39, 0.29) is 22.7 Å². The Morgan fingerprint density at radius 3 is 2.50 bits per heavy atom. The van der Waals surface area contributed by atoms with Gasteiger partial charge in [0.1, 0.15) is 5.82 Å². The van der Waals surface area contributed by atoms with Gasteiger partial charge in [0.05, 0.1) is 23.0 Å². The van der Waals surface area contributed by atoms with Gasteiger partial charge in [-0.1, -0.05) is 20.8 Å². The van der Waals surface area contributed by atoms with E-state index < -0.39 is 23.4 Å².